The van der Waals surface area contributed by atoms with E-state index in [0.29, 0.717) is 11.8 Å². The van der Waals surface area contributed by atoms with Crippen LogP contribution in [-0.4, -0.2) is 36.3 Å². The Bertz CT molecular complexity index is 283. The summed E-state index contributed by atoms with van der Waals surface area (Å²) < 4.78 is 20.6. The number of rotatable bonds is 5. The molecular formula is C11H20O5Si. The highest BCUT2D eigenvalue weighted by molar-refractivity contribution is 6.55. The molecule has 0 spiro atoms. The van der Waals surface area contributed by atoms with Gasteiger partial charge in [0.2, 0.25) is 0 Å². The minimum Gasteiger partial charge on any atom is -0.452 e. The molecule has 0 aromatic rings. The second-order valence-electron chi connectivity index (χ2n) is 4.81. The summed E-state index contributed by atoms with van der Waals surface area (Å²) >= 11 is 0. The molecule has 3 unspecified atom stereocenters. The highest BCUT2D eigenvalue weighted by Gasteiger charge is 2.51. The zero-order valence-corrected chi connectivity index (χ0v) is 11.6. The molecule has 0 N–H and O–H groups in total. The zero-order valence-electron chi connectivity index (χ0n) is 10.6. The van der Waals surface area contributed by atoms with Crippen molar-refractivity contribution in [3.05, 3.63) is 0 Å². The van der Waals surface area contributed by atoms with Crippen molar-refractivity contribution in [2.75, 3.05) is 21.3 Å². The van der Waals surface area contributed by atoms with Crippen LogP contribution >= 0.6 is 0 Å². The molecule has 2 aliphatic rings. The minimum atomic E-state index is -3.23. The van der Waals surface area contributed by atoms with Gasteiger partial charge in [-0.15, -0.1) is 0 Å². The van der Waals surface area contributed by atoms with Crippen molar-refractivity contribution in [2.45, 2.75) is 25.7 Å². The number of hydrogen-bond acceptors (Lipinski definition) is 5. The summed E-state index contributed by atoms with van der Waals surface area (Å²) in [5.41, 5.74) is 0. The largest absolute Gasteiger partial charge is 0.750 e. The van der Waals surface area contributed by atoms with Crippen LogP contribution in [0.1, 0.15) is 25.7 Å². The molecule has 2 rings (SSSR count). The SMILES string of the molecule is CO[Si](OC)(OC)OC(=O)C1CC2CCC1C2. The molecule has 0 saturated heterocycles. The maximum absolute atomic E-state index is 12.1. The van der Waals surface area contributed by atoms with Gasteiger partial charge in [-0.1, -0.05) is 6.42 Å². The van der Waals surface area contributed by atoms with Crippen molar-refractivity contribution in [3.63, 3.8) is 0 Å². The van der Waals surface area contributed by atoms with E-state index in [-0.39, 0.29) is 11.9 Å². The minimum absolute atomic E-state index is 0.0149. The van der Waals surface area contributed by atoms with Crippen molar-refractivity contribution in [1.29, 1.82) is 0 Å². The molecule has 0 aromatic heterocycles. The average Bonchev–Trinajstić information content (AvgIpc) is 2.98. The van der Waals surface area contributed by atoms with Gasteiger partial charge in [-0.25, -0.2) is 0 Å². The third-order valence-electron chi connectivity index (χ3n) is 4.02. The van der Waals surface area contributed by atoms with Crippen molar-refractivity contribution in [2.24, 2.45) is 17.8 Å². The van der Waals surface area contributed by atoms with Crippen LogP contribution in [-0.2, 0) is 22.5 Å². The summed E-state index contributed by atoms with van der Waals surface area (Å²) in [7, 11) is 1.09. The van der Waals surface area contributed by atoms with Crippen molar-refractivity contribution >= 4 is 15.0 Å². The predicted octanol–water partition coefficient (Wildman–Crippen LogP) is 1.34. The maximum atomic E-state index is 12.1. The Balaban J connectivity index is 1.96. The van der Waals surface area contributed by atoms with E-state index in [9.17, 15) is 4.79 Å². The Hall–Kier alpha value is -0.433. The molecule has 0 amide bonds. The molecule has 3 atom stereocenters. The lowest BCUT2D eigenvalue weighted by Gasteiger charge is -2.26. The van der Waals surface area contributed by atoms with Crippen LogP contribution in [0.2, 0.25) is 0 Å². The summed E-state index contributed by atoms with van der Waals surface area (Å²) in [6.07, 6.45) is 4.52. The molecule has 2 bridgehead atoms. The van der Waals surface area contributed by atoms with E-state index in [1.165, 1.54) is 34.2 Å². The van der Waals surface area contributed by atoms with Gasteiger partial charge in [0, 0.05) is 21.3 Å². The molecule has 6 heteroatoms. The van der Waals surface area contributed by atoms with Gasteiger partial charge in [0.1, 0.15) is 0 Å². The van der Waals surface area contributed by atoms with E-state index < -0.39 is 9.05 Å². The first-order valence-electron chi connectivity index (χ1n) is 6.02. The first-order chi connectivity index (χ1) is 8.14. The smallest absolute Gasteiger partial charge is 0.452 e. The van der Waals surface area contributed by atoms with Gasteiger partial charge in [-0.3, -0.25) is 4.79 Å². The first-order valence-corrected chi connectivity index (χ1v) is 7.65. The zero-order chi connectivity index (χ0) is 12.5. The van der Waals surface area contributed by atoms with E-state index in [0.717, 1.165) is 12.8 Å². The van der Waals surface area contributed by atoms with Crippen LogP contribution in [0.5, 0.6) is 0 Å². The summed E-state index contributed by atoms with van der Waals surface area (Å²) in [5.74, 6) is 1.00. The fraction of sp³-hybridized carbons (Fsp3) is 0.909. The molecule has 0 radical (unpaired) electrons. The Kier molecular flexibility index (Phi) is 3.87. The third kappa shape index (κ3) is 2.40. The lowest BCUT2D eigenvalue weighted by Crippen LogP contribution is -2.49. The van der Waals surface area contributed by atoms with Crippen LogP contribution in [0, 0.1) is 17.8 Å². The fourth-order valence-electron chi connectivity index (χ4n) is 3.11. The molecule has 2 saturated carbocycles. The van der Waals surface area contributed by atoms with Crippen molar-refractivity contribution in [1.82, 2.24) is 0 Å². The van der Waals surface area contributed by atoms with Crippen molar-refractivity contribution in [3.8, 4) is 0 Å². The average molecular weight is 260 g/mol. The Labute approximate surface area is 103 Å². The third-order valence-corrected chi connectivity index (χ3v) is 5.97. The summed E-state index contributed by atoms with van der Waals surface area (Å²) in [6, 6.07) is 0. The van der Waals surface area contributed by atoms with E-state index in [4.69, 9.17) is 17.7 Å². The lowest BCUT2D eigenvalue weighted by molar-refractivity contribution is -0.149. The molecule has 2 aliphatic carbocycles. The van der Waals surface area contributed by atoms with Gasteiger partial charge in [-0.05, 0) is 31.1 Å². The molecule has 17 heavy (non-hydrogen) atoms. The molecule has 0 aliphatic heterocycles. The van der Waals surface area contributed by atoms with Gasteiger partial charge in [0.05, 0.1) is 5.92 Å². The second-order valence-corrected chi connectivity index (χ2v) is 7.24. The highest BCUT2D eigenvalue weighted by atomic mass is 28.4. The van der Waals surface area contributed by atoms with E-state index in [1.54, 1.807) is 0 Å². The monoisotopic (exact) mass is 260 g/mol. The first kappa shape index (κ1) is 13.0. The Morgan fingerprint density at radius 2 is 1.71 bits per heavy atom. The number of hydrogen-bond donors (Lipinski definition) is 0. The maximum Gasteiger partial charge on any atom is 0.750 e. The number of carbonyl (C=O) groups is 1. The summed E-state index contributed by atoms with van der Waals surface area (Å²) in [6.45, 7) is 0. The molecular weight excluding hydrogens is 240 g/mol. The Morgan fingerprint density at radius 3 is 2.12 bits per heavy atom. The van der Waals surface area contributed by atoms with E-state index >= 15 is 0 Å². The van der Waals surface area contributed by atoms with Gasteiger partial charge in [0.25, 0.3) is 0 Å². The van der Waals surface area contributed by atoms with Gasteiger partial charge in [0.15, 0.2) is 0 Å². The number of fused-ring (bicyclic) bond motifs is 2. The molecule has 98 valence electrons. The van der Waals surface area contributed by atoms with Crippen LogP contribution in [0.3, 0.4) is 0 Å². The molecule has 0 aromatic carbocycles. The fourth-order valence-corrected chi connectivity index (χ4v) is 4.26. The normalized spacial score (nSPS) is 31.8. The highest BCUT2D eigenvalue weighted by Crippen LogP contribution is 2.48. The van der Waals surface area contributed by atoms with Crippen molar-refractivity contribution < 1.29 is 22.5 Å². The standard InChI is InChI=1S/C11H20O5Si/c1-13-17(14-2,15-3)16-11(12)10-7-8-4-5-9(10)6-8/h8-10H,4-7H2,1-3H3. The van der Waals surface area contributed by atoms with E-state index in [1.807, 2.05) is 0 Å². The van der Waals surface area contributed by atoms with Gasteiger partial charge >= 0.3 is 15.0 Å². The van der Waals surface area contributed by atoms with Crippen LogP contribution < -0.4 is 0 Å². The molecule has 0 heterocycles. The molecule has 5 nitrogen and oxygen atoms in total. The van der Waals surface area contributed by atoms with Gasteiger partial charge in [-0.2, -0.15) is 0 Å². The van der Waals surface area contributed by atoms with Crippen LogP contribution in [0.15, 0.2) is 0 Å². The van der Waals surface area contributed by atoms with Crippen LogP contribution in [0.4, 0.5) is 0 Å². The van der Waals surface area contributed by atoms with E-state index in [2.05, 4.69) is 0 Å². The predicted molar refractivity (Wildman–Crippen MR) is 61.8 cm³/mol. The summed E-state index contributed by atoms with van der Waals surface area (Å²) in [4.78, 5) is 12.1. The topological polar surface area (TPSA) is 54.0 Å². The lowest BCUT2D eigenvalue weighted by atomic mass is 9.89. The quantitative estimate of drug-likeness (QED) is 0.698. The molecule has 2 fully saturated rings. The van der Waals surface area contributed by atoms with Gasteiger partial charge < -0.3 is 17.7 Å². The number of carbonyl (C=O) groups excluding carboxylic acids is 1. The summed E-state index contributed by atoms with van der Waals surface area (Å²) in [5, 5.41) is 0. The Morgan fingerprint density at radius 1 is 1.06 bits per heavy atom. The van der Waals surface area contributed by atoms with Crippen LogP contribution in [0.25, 0.3) is 0 Å². The second kappa shape index (κ2) is 5.05.